The van der Waals surface area contributed by atoms with Crippen LogP contribution in [0.3, 0.4) is 0 Å². The second-order valence-corrected chi connectivity index (χ2v) is 6.63. The maximum Gasteiger partial charge on any atom is 0.254 e. The molecule has 0 spiro atoms. The molecule has 1 aromatic rings. The molecule has 2 heterocycles. The molecule has 1 fully saturated rings. The van der Waals surface area contributed by atoms with Gasteiger partial charge in [-0.3, -0.25) is 9.59 Å². The summed E-state index contributed by atoms with van der Waals surface area (Å²) in [7, 11) is -3.05. The summed E-state index contributed by atoms with van der Waals surface area (Å²) in [6.07, 6.45) is 1.40. The minimum Gasteiger partial charge on any atom is -0.334 e. The van der Waals surface area contributed by atoms with E-state index in [2.05, 4.69) is 4.98 Å². The van der Waals surface area contributed by atoms with Crippen LogP contribution in [0.15, 0.2) is 23.1 Å². The number of sulfone groups is 1. The molecule has 18 heavy (non-hydrogen) atoms. The molecule has 2 rings (SSSR count). The molecule has 0 aliphatic carbocycles. The number of carbonyl (C=O) groups is 1. The van der Waals surface area contributed by atoms with Crippen LogP contribution in [0.4, 0.5) is 0 Å². The summed E-state index contributed by atoms with van der Waals surface area (Å²) in [6, 6.07) is 2.37. The Morgan fingerprint density at radius 3 is 2.83 bits per heavy atom. The van der Waals surface area contributed by atoms with Gasteiger partial charge in [0, 0.05) is 30.4 Å². The van der Waals surface area contributed by atoms with Crippen molar-refractivity contribution in [3.63, 3.8) is 0 Å². The zero-order valence-electron chi connectivity index (χ0n) is 9.92. The number of amides is 1. The lowest BCUT2D eigenvalue weighted by Gasteiger charge is -2.33. The summed E-state index contributed by atoms with van der Waals surface area (Å²) in [5, 5.41) is 0. The van der Waals surface area contributed by atoms with Crippen LogP contribution in [0.1, 0.15) is 17.3 Å². The van der Waals surface area contributed by atoms with Crippen LogP contribution >= 0.6 is 0 Å². The molecular formula is C11H14N2O4S. The van der Waals surface area contributed by atoms with Gasteiger partial charge in [-0.25, -0.2) is 8.42 Å². The average Bonchev–Trinajstić information content (AvgIpc) is 2.27. The lowest BCUT2D eigenvalue weighted by atomic mass is 10.2. The third kappa shape index (κ3) is 2.61. The Kier molecular flexibility index (Phi) is 3.25. The molecule has 1 atom stereocenters. The Bertz CT molecular complexity index is 620. The summed E-state index contributed by atoms with van der Waals surface area (Å²) in [5.74, 6) is -0.350. The van der Waals surface area contributed by atoms with Crippen LogP contribution in [0.5, 0.6) is 0 Å². The molecule has 6 nitrogen and oxygen atoms in total. The van der Waals surface area contributed by atoms with Crippen LogP contribution in [0, 0.1) is 0 Å². The van der Waals surface area contributed by atoms with Crippen molar-refractivity contribution in [1.29, 1.82) is 0 Å². The minimum atomic E-state index is -3.05. The normalized spacial score (nSPS) is 22.7. The first kappa shape index (κ1) is 12.8. The molecule has 1 aliphatic heterocycles. The fraction of sp³-hybridized carbons (Fsp3) is 0.455. The van der Waals surface area contributed by atoms with Gasteiger partial charge in [0.05, 0.1) is 11.5 Å². The molecule has 1 saturated heterocycles. The van der Waals surface area contributed by atoms with Gasteiger partial charge in [0.25, 0.3) is 5.91 Å². The number of hydrogen-bond donors (Lipinski definition) is 1. The Balaban J connectivity index is 2.23. The summed E-state index contributed by atoms with van der Waals surface area (Å²) >= 11 is 0. The number of rotatable bonds is 1. The molecule has 1 unspecified atom stereocenters. The zero-order valence-corrected chi connectivity index (χ0v) is 10.7. The number of aromatic nitrogens is 1. The Labute approximate surface area is 105 Å². The Morgan fingerprint density at radius 1 is 1.50 bits per heavy atom. The van der Waals surface area contributed by atoms with Gasteiger partial charge < -0.3 is 9.88 Å². The van der Waals surface area contributed by atoms with Crippen molar-refractivity contribution in [2.75, 3.05) is 18.1 Å². The SMILES string of the molecule is CC1CS(=O)(=O)CCN1C(=O)c1cc[nH]c(=O)c1. The van der Waals surface area contributed by atoms with Crippen molar-refractivity contribution in [3.05, 3.63) is 34.2 Å². The molecule has 1 aliphatic rings. The smallest absolute Gasteiger partial charge is 0.254 e. The minimum absolute atomic E-state index is 0.0216. The van der Waals surface area contributed by atoms with E-state index < -0.39 is 9.84 Å². The van der Waals surface area contributed by atoms with Crippen LogP contribution in [-0.2, 0) is 9.84 Å². The second-order valence-electron chi connectivity index (χ2n) is 4.40. The molecule has 1 N–H and O–H groups in total. The molecule has 0 aromatic carbocycles. The van der Waals surface area contributed by atoms with Gasteiger partial charge in [0.1, 0.15) is 0 Å². The Morgan fingerprint density at radius 2 is 2.22 bits per heavy atom. The van der Waals surface area contributed by atoms with Crippen LogP contribution in [-0.4, -0.2) is 48.3 Å². The maximum absolute atomic E-state index is 12.2. The molecule has 1 aromatic heterocycles. The van der Waals surface area contributed by atoms with E-state index in [0.29, 0.717) is 0 Å². The van der Waals surface area contributed by atoms with Crippen molar-refractivity contribution in [1.82, 2.24) is 9.88 Å². The zero-order chi connectivity index (χ0) is 13.3. The summed E-state index contributed by atoms with van der Waals surface area (Å²) in [4.78, 5) is 27.2. The van der Waals surface area contributed by atoms with Gasteiger partial charge in [-0.2, -0.15) is 0 Å². The number of carbonyl (C=O) groups excluding carboxylic acids is 1. The standard InChI is InChI=1S/C11H14N2O4S/c1-8-7-18(16,17)5-4-13(8)11(15)9-2-3-12-10(14)6-9/h2-3,6,8H,4-5,7H2,1H3,(H,12,14). The van der Waals surface area contributed by atoms with E-state index in [-0.39, 0.29) is 41.1 Å². The van der Waals surface area contributed by atoms with Crippen molar-refractivity contribution < 1.29 is 13.2 Å². The third-order valence-electron chi connectivity index (χ3n) is 2.95. The van der Waals surface area contributed by atoms with Gasteiger partial charge in [-0.05, 0) is 13.0 Å². The molecule has 7 heteroatoms. The topological polar surface area (TPSA) is 87.3 Å². The monoisotopic (exact) mass is 270 g/mol. The molecule has 1 amide bonds. The van der Waals surface area contributed by atoms with Crippen molar-refractivity contribution in [2.45, 2.75) is 13.0 Å². The predicted octanol–water partition coefficient (Wildman–Crippen LogP) is -0.366. The molecule has 0 bridgehead atoms. The Hall–Kier alpha value is -1.63. The average molecular weight is 270 g/mol. The van der Waals surface area contributed by atoms with Crippen molar-refractivity contribution >= 4 is 15.7 Å². The van der Waals surface area contributed by atoms with E-state index >= 15 is 0 Å². The van der Waals surface area contributed by atoms with Gasteiger partial charge in [-0.15, -0.1) is 0 Å². The second kappa shape index (κ2) is 4.56. The summed E-state index contributed by atoms with van der Waals surface area (Å²) < 4.78 is 22.9. The number of pyridine rings is 1. The van der Waals surface area contributed by atoms with Gasteiger partial charge in [0.2, 0.25) is 5.56 Å². The van der Waals surface area contributed by atoms with E-state index in [4.69, 9.17) is 0 Å². The fourth-order valence-corrected chi connectivity index (χ4v) is 3.60. The van der Waals surface area contributed by atoms with Gasteiger partial charge in [0.15, 0.2) is 9.84 Å². The van der Waals surface area contributed by atoms with E-state index in [9.17, 15) is 18.0 Å². The molecular weight excluding hydrogens is 256 g/mol. The van der Waals surface area contributed by atoms with Crippen LogP contribution in [0.2, 0.25) is 0 Å². The van der Waals surface area contributed by atoms with Gasteiger partial charge in [-0.1, -0.05) is 0 Å². The first-order valence-electron chi connectivity index (χ1n) is 5.59. The largest absolute Gasteiger partial charge is 0.334 e. The molecule has 0 radical (unpaired) electrons. The van der Waals surface area contributed by atoms with E-state index in [0.717, 1.165) is 0 Å². The highest BCUT2D eigenvalue weighted by atomic mass is 32.2. The quantitative estimate of drug-likeness (QED) is 0.754. The number of hydrogen-bond acceptors (Lipinski definition) is 4. The fourth-order valence-electron chi connectivity index (χ4n) is 2.04. The van der Waals surface area contributed by atoms with E-state index in [1.807, 2.05) is 0 Å². The number of nitrogens with one attached hydrogen (secondary N) is 1. The van der Waals surface area contributed by atoms with E-state index in [1.54, 1.807) is 6.92 Å². The molecule has 98 valence electrons. The third-order valence-corrected chi connectivity index (χ3v) is 4.75. The van der Waals surface area contributed by atoms with Crippen molar-refractivity contribution in [2.24, 2.45) is 0 Å². The number of nitrogens with zero attached hydrogens (tertiary/aromatic N) is 1. The van der Waals surface area contributed by atoms with E-state index in [1.165, 1.54) is 23.2 Å². The summed E-state index contributed by atoms with van der Waals surface area (Å²) in [5.41, 5.74) is -0.0666. The first-order chi connectivity index (χ1) is 8.39. The molecule has 0 saturated carbocycles. The van der Waals surface area contributed by atoms with Crippen LogP contribution in [0.25, 0.3) is 0 Å². The number of H-pyrrole nitrogens is 1. The number of aromatic amines is 1. The lowest BCUT2D eigenvalue weighted by molar-refractivity contribution is 0.0712. The van der Waals surface area contributed by atoms with Crippen molar-refractivity contribution in [3.8, 4) is 0 Å². The van der Waals surface area contributed by atoms with Gasteiger partial charge >= 0.3 is 0 Å². The van der Waals surface area contributed by atoms with Crippen LogP contribution < -0.4 is 5.56 Å². The first-order valence-corrected chi connectivity index (χ1v) is 7.41. The predicted molar refractivity (Wildman–Crippen MR) is 66.2 cm³/mol. The lowest BCUT2D eigenvalue weighted by Crippen LogP contribution is -2.49. The highest BCUT2D eigenvalue weighted by molar-refractivity contribution is 7.91. The highest BCUT2D eigenvalue weighted by Crippen LogP contribution is 2.14. The maximum atomic E-state index is 12.2. The highest BCUT2D eigenvalue weighted by Gasteiger charge is 2.31. The summed E-state index contributed by atoms with van der Waals surface area (Å²) in [6.45, 7) is 1.87.